The van der Waals surface area contributed by atoms with Crippen LogP contribution >= 0.6 is 0 Å². The van der Waals surface area contributed by atoms with E-state index < -0.39 is 6.10 Å². The summed E-state index contributed by atoms with van der Waals surface area (Å²) in [5, 5.41) is 13.4. The molecule has 182 valence electrons. The number of hydrogen-bond donors (Lipinski definition) is 0. The summed E-state index contributed by atoms with van der Waals surface area (Å²) in [6, 6.07) is 26.6. The molecule has 2 aliphatic heterocycles. The minimum atomic E-state index is -0.731. The van der Waals surface area contributed by atoms with Crippen LogP contribution in [0.3, 0.4) is 0 Å². The van der Waals surface area contributed by atoms with Crippen LogP contribution in [0.4, 0.5) is 0 Å². The Morgan fingerprint density at radius 2 is 1.13 bits per heavy atom. The Balaban J connectivity index is 0.00000168. The number of rotatable bonds is 6. The standard InChI is InChI=1S/C29H29N6O.2Zn/c36-25(19-32-17-23-9-3-7-15-34(23)28(21-32)26-11-1-5-13-30-26)20-33-18-24-10-4-8-16-35(24)29(22-33)27-12-2-6-14-31-27;;/h1-16,25H,17-22H2;;/q-1;2*+2. The van der Waals surface area contributed by atoms with Crippen LogP contribution < -0.4 is 14.2 Å². The molecule has 0 radical (unpaired) electrons. The van der Waals surface area contributed by atoms with Crippen molar-refractivity contribution in [1.82, 2.24) is 19.8 Å². The zero-order chi connectivity index (χ0) is 24.3. The molecule has 0 saturated heterocycles. The second kappa shape index (κ2) is 13.0. The number of fused-ring (bicyclic) bond motifs is 2. The second-order valence-electron chi connectivity index (χ2n) is 9.41. The number of pyridine rings is 4. The Bertz CT molecular complexity index is 1210. The van der Waals surface area contributed by atoms with Crippen molar-refractivity contribution in [2.75, 3.05) is 26.2 Å². The van der Waals surface area contributed by atoms with E-state index in [9.17, 15) is 5.11 Å². The van der Waals surface area contributed by atoms with Crippen molar-refractivity contribution in [3.8, 4) is 0 Å². The van der Waals surface area contributed by atoms with Gasteiger partial charge in [0.15, 0.2) is 0 Å². The Morgan fingerprint density at radius 1 is 0.684 bits per heavy atom. The normalized spacial score (nSPS) is 15.3. The Hall–Kier alpha value is -2.53. The molecule has 2 aliphatic rings. The molecule has 0 amide bonds. The Labute approximate surface area is 249 Å². The van der Waals surface area contributed by atoms with E-state index in [-0.39, 0.29) is 39.0 Å². The molecule has 0 spiro atoms. The predicted octanol–water partition coefficient (Wildman–Crippen LogP) is 0.964. The van der Waals surface area contributed by atoms with Gasteiger partial charge in [-0.2, -0.15) is 0 Å². The van der Waals surface area contributed by atoms with Gasteiger partial charge in [-0.3, -0.25) is 19.1 Å². The molecule has 6 rings (SSSR count). The summed E-state index contributed by atoms with van der Waals surface area (Å²) >= 11 is 0. The molecular weight excluding hydrogens is 579 g/mol. The third-order valence-corrected chi connectivity index (χ3v) is 6.83. The number of hydrogen-bond acceptors (Lipinski definition) is 5. The zero-order valence-corrected chi connectivity index (χ0v) is 27.5. The number of nitrogens with zero attached hydrogens (tertiary/aromatic N) is 6. The summed E-state index contributed by atoms with van der Waals surface area (Å²) in [4.78, 5) is 13.7. The third kappa shape index (κ3) is 6.19. The number of aromatic nitrogens is 4. The van der Waals surface area contributed by atoms with Gasteiger partial charge < -0.3 is 14.9 Å². The van der Waals surface area contributed by atoms with Crippen LogP contribution in [0.15, 0.2) is 97.6 Å². The maximum Gasteiger partial charge on any atom is 2.00 e. The molecule has 0 atom stereocenters. The van der Waals surface area contributed by atoms with Crippen LogP contribution in [0, 0.1) is 12.1 Å². The zero-order valence-electron chi connectivity index (χ0n) is 21.6. The quantitative estimate of drug-likeness (QED) is 0.186. The summed E-state index contributed by atoms with van der Waals surface area (Å²) in [6.07, 6.45) is 7.09. The molecule has 0 bridgehead atoms. The minimum absolute atomic E-state index is 0. The van der Waals surface area contributed by atoms with Gasteiger partial charge in [-0.25, -0.2) is 0 Å². The molecule has 0 aliphatic carbocycles. The van der Waals surface area contributed by atoms with E-state index >= 15 is 0 Å². The van der Waals surface area contributed by atoms with Gasteiger partial charge in [0.2, 0.25) is 0 Å². The van der Waals surface area contributed by atoms with Crippen molar-refractivity contribution in [2.45, 2.75) is 19.2 Å². The first-order valence-corrected chi connectivity index (χ1v) is 12.4. The van der Waals surface area contributed by atoms with Gasteiger partial charge in [-0.15, -0.1) is 18.2 Å². The van der Waals surface area contributed by atoms with Crippen molar-refractivity contribution < 1.29 is 53.2 Å². The predicted molar refractivity (Wildman–Crippen MR) is 132 cm³/mol. The third-order valence-electron chi connectivity index (χ3n) is 6.83. The topological polar surface area (TPSA) is 63.1 Å². The van der Waals surface area contributed by atoms with Gasteiger partial charge in [0, 0.05) is 50.0 Å². The fourth-order valence-corrected chi connectivity index (χ4v) is 5.25. The van der Waals surface area contributed by atoms with Crippen molar-refractivity contribution >= 4 is 0 Å². The van der Waals surface area contributed by atoms with Crippen LogP contribution in [-0.4, -0.2) is 52.1 Å². The fraction of sp³-hybridized carbons (Fsp3) is 0.241. The SMILES string of the molecule is [O-]C(CN1Cc2cccc[n+]2[C-](c2ccccn2)C1)CN1Cc2cccc[n+]2[C-](c2ccccn2)C1.[Zn+2].[Zn+2]. The fourth-order valence-electron chi connectivity index (χ4n) is 5.25. The van der Waals surface area contributed by atoms with Crippen LogP contribution in [0.2, 0.25) is 0 Å². The minimum Gasteiger partial charge on any atom is -0.850 e. The summed E-state index contributed by atoms with van der Waals surface area (Å²) in [6.45, 7) is 3.85. The van der Waals surface area contributed by atoms with Crippen LogP contribution in [0.25, 0.3) is 0 Å². The van der Waals surface area contributed by atoms with Gasteiger partial charge in [0.05, 0.1) is 12.4 Å². The van der Waals surface area contributed by atoms with Crippen molar-refractivity contribution in [1.29, 1.82) is 0 Å². The summed E-state index contributed by atoms with van der Waals surface area (Å²) < 4.78 is 4.43. The average Bonchev–Trinajstić information content (AvgIpc) is 2.93. The van der Waals surface area contributed by atoms with Gasteiger partial charge in [-0.05, 0) is 37.4 Å². The monoisotopic (exact) mass is 605 g/mol. The first-order valence-electron chi connectivity index (χ1n) is 12.4. The molecule has 7 nitrogen and oxygen atoms in total. The molecule has 38 heavy (non-hydrogen) atoms. The molecule has 0 fully saturated rings. The summed E-state index contributed by atoms with van der Waals surface area (Å²) in [7, 11) is 0. The van der Waals surface area contributed by atoms with E-state index in [2.05, 4.69) is 65.6 Å². The smallest absolute Gasteiger partial charge is 0.850 e. The Kier molecular flexibility index (Phi) is 9.75. The average molecular weight is 608 g/mol. The van der Waals surface area contributed by atoms with E-state index in [4.69, 9.17) is 0 Å². The van der Waals surface area contributed by atoms with Crippen LogP contribution in [0.5, 0.6) is 0 Å². The molecule has 0 unspecified atom stereocenters. The maximum absolute atomic E-state index is 13.4. The molecular formula is C29H29N6OZn2+3. The van der Waals surface area contributed by atoms with Crippen molar-refractivity contribution in [3.05, 3.63) is 132 Å². The molecule has 4 aromatic rings. The second-order valence-corrected chi connectivity index (χ2v) is 9.41. The Morgan fingerprint density at radius 3 is 1.55 bits per heavy atom. The van der Waals surface area contributed by atoms with E-state index in [0.717, 1.165) is 36.6 Å². The van der Waals surface area contributed by atoms with Crippen LogP contribution in [-0.2, 0) is 52.0 Å². The van der Waals surface area contributed by atoms with Gasteiger partial charge in [-0.1, -0.05) is 36.4 Å². The van der Waals surface area contributed by atoms with Gasteiger partial charge >= 0.3 is 39.0 Å². The molecule has 0 N–H and O–H groups in total. The molecule has 9 heteroatoms. The first-order chi connectivity index (χ1) is 17.7. The largest absolute Gasteiger partial charge is 2.00 e. The molecule has 0 saturated carbocycles. The van der Waals surface area contributed by atoms with Crippen molar-refractivity contribution in [2.24, 2.45) is 0 Å². The van der Waals surface area contributed by atoms with E-state index in [0.29, 0.717) is 26.2 Å². The van der Waals surface area contributed by atoms with Crippen LogP contribution in [0.1, 0.15) is 22.8 Å². The first kappa shape index (κ1) is 28.5. The van der Waals surface area contributed by atoms with E-state index in [1.165, 1.54) is 11.4 Å². The molecule has 0 aromatic carbocycles. The summed E-state index contributed by atoms with van der Waals surface area (Å²) in [5.41, 5.74) is 4.24. The van der Waals surface area contributed by atoms with E-state index in [1.807, 2.05) is 60.9 Å². The molecule has 4 aromatic heterocycles. The molecule has 6 heterocycles. The van der Waals surface area contributed by atoms with Crippen molar-refractivity contribution in [3.63, 3.8) is 0 Å². The van der Waals surface area contributed by atoms with Gasteiger partial charge in [0.1, 0.15) is 23.5 Å². The maximum atomic E-state index is 13.4. The summed E-state index contributed by atoms with van der Waals surface area (Å²) in [5.74, 6) is 0. The van der Waals surface area contributed by atoms with E-state index in [1.54, 1.807) is 0 Å². The van der Waals surface area contributed by atoms with Gasteiger partial charge in [0.25, 0.3) is 0 Å².